The molecule has 6 nitrogen and oxygen atoms in total. The number of halogens is 6. The zero-order valence-corrected chi connectivity index (χ0v) is 18.8. The Morgan fingerprint density at radius 1 is 0.970 bits per heavy atom. The SMILES string of the molecule is Cc1cc(C)c(-n2cc[n+](Cc3cn(-c4ccccn4)nn3)c2)c(C)c1.F[P-](F)(F)(F)(F)F. The average Bonchev–Trinajstić information content (AvgIpc) is 3.29. The molecule has 0 N–H and O–H groups in total. The standard InChI is InChI=1S/C20H21N6.F6P/c1-15-10-16(2)20(17(3)11-15)25-9-8-24(14-25)12-18-13-26(23-22-18)19-6-4-5-7-21-19;1-7(2,3,4,5)6/h4-11,13-14H,12H2,1-3H3;/q+1;-1. The second-order valence-corrected chi connectivity index (χ2v) is 9.46. The molecule has 0 radical (unpaired) electrons. The molecule has 0 saturated heterocycles. The van der Waals surface area contributed by atoms with Gasteiger partial charge in [0, 0.05) is 6.20 Å². The van der Waals surface area contributed by atoms with Gasteiger partial charge < -0.3 is 0 Å². The first-order valence-electron chi connectivity index (χ1n) is 9.59. The van der Waals surface area contributed by atoms with E-state index in [1.165, 1.54) is 22.4 Å². The topological polar surface area (TPSA) is 52.4 Å². The van der Waals surface area contributed by atoms with Crippen molar-refractivity contribution >= 4 is 7.81 Å². The van der Waals surface area contributed by atoms with Crippen LogP contribution in [-0.4, -0.2) is 24.5 Å². The molecule has 0 fully saturated rings. The first kappa shape index (κ1) is 24.4. The number of imidazole rings is 1. The predicted molar refractivity (Wildman–Crippen MR) is 112 cm³/mol. The van der Waals surface area contributed by atoms with Gasteiger partial charge in [0.15, 0.2) is 5.82 Å². The molecule has 0 spiro atoms. The first-order chi connectivity index (χ1) is 15.0. The van der Waals surface area contributed by atoms with E-state index in [0.29, 0.717) is 6.54 Å². The van der Waals surface area contributed by atoms with Gasteiger partial charge >= 0.3 is 33.0 Å². The Morgan fingerprint density at radius 3 is 2.18 bits per heavy atom. The molecule has 0 saturated carbocycles. The van der Waals surface area contributed by atoms with Gasteiger partial charge in [-0.05, 0) is 44.0 Å². The van der Waals surface area contributed by atoms with E-state index in [2.05, 4.69) is 76.1 Å². The molecule has 13 heteroatoms. The molecule has 0 atom stereocenters. The van der Waals surface area contributed by atoms with Gasteiger partial charge in [-0.1, -0.05) is 29.0 Å². The van der Waals surface area contributed by atoms with E-state index >= 15 is 0 Å². The van der Waals surface area contributed by atoms with Crippen molar-refractivity contribution in [2.24, 2.45) is 0 Å². The van der Waals surface area contributed by atoms with Crippen LogP contribution in [0.1, 0.15) is 22.4 Å². The number of aryl methyl sites for hydroxylation is 3. The number of nitrogens with zero attached hydrogens (tertiary/aromatic N) is 6. The van der Waals surface area contributed by atoms with Crippen molar-refractivity contribution in [3.05, 3.63) is 83.8 Å². The summed E-state index contributed by atoms with van der Waals surface area (Å²) >= 11 is 0. The van der Waals surface area contributed by atoms with Crippen LogP contribution in [-0.2, 0) is 6.54 Å². The second-order valence-electron chi connectivity index (χ2n) is 7.54. The Kier molecular flexibility index (Phi) is 5.87. The number of benzene rings is 1. The Hall–Kier alpha value is -3.27. The molecular formula is C20H21F6N6P. The number of rotatable bonds is 4. The van der Waals surface area contributed by atoms with Crippen molar-refractivity contribution in [1.29, 1.82) is 0 Å². The third-order valence-corrected chi connectivity index (χ3v) is 4.35. The van der Waals surface area contributed by atoms with Crippen LogP contribution in [0.25, 0.3) is 11.5 Å². The van der Waals surface area contributed by atoms with Gasteiger partial charge in [-0.25, -0.2) is 18.8 Å². The quantitative estimate of drug-likeness (QED) is 0.198. The van der Waals surface area contributed by atoms with Crippen LogP contribution in [0.5, 0.6) is 0 Å². The van der Waals surface area contributed by atoms with Gasteiger partial charge in [-0.3, -0.25) is 0 Å². The van der Waals surface area contributed by atoms with Crippen molar-refractivity contribution in [2.45, 2.75) is 27.3 Å². The van der Waals surface area contributed by atoms with E-state index < -0.39 is 7.81 Å². The molecule has 0 aliphatic heterocycles. The maximum atomic E-state index is 9.87. The van der Waals surface area contributed by atoms with Crippen LogP contribution in [0.3, 0.4) is 0 Å². The van der Waals surface area contributed by atoms with Crippen LogP contribution in [0.4, 0.5) is 25.2 Å². The van der Waals surface area contributed by atoms with Gasteiger partial charge in [0.2, 0.25) is 6.33 Å². The zero-order chi connectivity index (χ0) is 24.5. The third kappa shape index (κ3) is 7.98. The Labute approximate surface area is 185 Å². The van der Waals surface area contributed by atoms with E-state index in [1.54, 1.807) is 10.9 Å². The summed E-state index contributed by atoms with van der Waals surface area (Å²) in [5, 5.41) is 8.43. The summed E-state index contributed by atoms with van der Waals surface area (Å²) in [6, 6.07) is 10.2. The van der Waals surface area contributed by atoms with Crippen molar-refractivity contribution in [2.75, 3.05) is 0 Å². The summed E-state index contributed by atoms with van der Waals surface area (Å²) in [6.07, 6.45) is 9.88. The second kappa shape index (κ2) is 7.95. The molecule has 0 amide bonds. The van der Waals surface area contributed by atoms with E-state index in [0.717, 1.165) is 11.5 Å². The first-order valence-corrected chi connectivity index (χ1v) is 11.6. The van der Waals surface area contributed by atoms with Crippen LogP contribution in [0.15, 0.2) is 61.4 Å². The molecule has 178 valence electrons. The predicted octanol–water partition coefficient (Wildman–Crippen LogP) is 6.10. The summed E-state index contributed by atoms with van der Waals surface area (Å²) in [4.78, 5) is 4.29. The number of hydrogen-bond acceptors (Lipinski definition) is 3. The Bertz CT molecular complexity index is 1230. The number of pyridine rings is 1. The normalized spacial score (nSPS) is 13.6. The molecule has 4 aromatic rings. The molecule has 3 heterocycles. The Balaban J connectivity index is 0.000000383. The fraction of sp³-hybridized carbons (Fsp3) is 0.200. The monoisotopic (exact) mass is 490 g/mol. The van der Waals surface area contributed by atoms with Crippen molar-refractivity contribution < 1.29 is 29.7 Å². The van der Waals surface area contributed by atoms with Gasteiger partial charge in [0.05, 0.1) is 6.20 Å². The molecule has 33 heavy (non-hydrogen) atoms. The number of hydrogen-bond donors (Lipinski definition) is 0. The van der Waals surface area contributed by atoms with Gasteiger partial charge in [-0.2, -0.15) is 0 Å². The Morgan fingerprint density at radius 2 is 1.61 bits per heavy atom. The van der Waals surface area contributed by atoms with Crippen LogP contribution in [0.2, 0.25) is 0 Å². The summed E-state index contributed by atoms with van der Waals surface area (Å²) in [5.74, 6) is 0.764. The molecule has 3 aromatic heterocycles. The summed E-state index contributed by atoms with van der Waals surface area (Å²) in [5.41, 5.74) is 5.94. The summed E-state index contributed by atoms with van der Waals surface area (Å²) in [7, 11) is -10.7. The maximum absolute atomic E-state index is 10.7. The molecule has 4 rings (SSSR count). The van der Waals surface area contributed by atoms with Crippen molar-refractivity contribution in [1.82, 2.24) is 24.5 Å². The summed E-state index contributed by atoms with van der Waals surface area (Å²) < 4.78 is 65.2. The van der Waals surface area contributed by atoms with Crippen LogP contribution >= 0.6 is 7.81 Å². The minimum absolute atomic E-state index is 0.657. The molecule has 1 aromatic carbocycles. The molecule has 0 aliphatic carbocycles. The van der Waals surface area contributed by atoms with Crippen LogP contribution < -0.4 is 4.57 Å². The van der Waals surface area contributed by atoms with Gasteiger partial charge in [0.1, 0.15) is 30.3 Å². The van der Waals surface area contributed by atoms with Gasteiger partial charge in [0.25, 0.3) is 0 Å². The van der Waals surface area contributed by atoms with Crippen LogP contribution in [0, 0.1) is 20.8 Å². The van der Waals surface area contributed by atoms with E-state index in [-0.39, 0.29) is 0 Å². The zero-order valence-electron chi connectivity index (χ0n) is 17.9. The molecule has 0 bridgehead atoms. The minimum atomic E-state index is -10.7. The molecule has 0 aliphatic rings. The summed E-state index contributed by atoms with van der Waals surface area (Å²) in [6.45, 7) is 7.09. The fourth-order valence-corrected chi connectivity index (χ4v) is 3.36. The van der Waals surface area contributed by atoms with E-state index in [9.17, 15) is 25.2 Å². The van der Waals surface area contributed by atoms with Crippen molar-refractivity contribution in [3.8, 4) is 11.5 Å². The molecular weight excluding hydrogens is 469 g/mol. The fourth-order valence-electron chi connectivity index (χ4n) is 3.36. The van der Waals surface area contributed by atoms with E-state index in [4.69, 9.17) is 0 Å². The third-order valence-electron chi connectivity index (χ3n) is 4.35. The molecule has 0 unspecified atom stereocenters. The van der Waals surface area contributed by atoms with E-state index in [1.807, 2.05) is 24.4 Å². The average molecular weight is 490 g/mol. The van der Waals surface area contributed by atoms with Crippen molar-refractivity contribution in [3.63, 3.8) is 0 Å². The number of aromatic nitrogens is 6. The van der Waals surface area contributed by atoms with Gasteiger partial charge in [-0.15, -0.1) is 5.10 Å².